The van der Waals surface area contributed by atoms with Crippen molar-refractivity contribution in [3.63, 3.8) is 0 Å². The molecule has 0 radical (unpaired) electrons. The van der Waals surface area contributed by atoms with Crippen LogP contribution >= 0.6 is 22.9 Å². The molecule has 17 heavy (non-hydrogen) atoms. The molecule has 0 unspecified atom stereocenters. The minimum absolute atomic E-state index is 0.781. The Balaban J connectivity index is 1.94. The molecule has 2 heterocycles. The first-order chi connectivity index (χ1) is 8.33. The number of thiazole rings is 1. The van der Waals surface area contributed by atoms with Crippen LogP contribution in [0.1, 0.15) is 18.7 Å². The Morgan fingerprint density at radius 2 is 2.12 bits per heavy atom. The van der Waals surface area contributed by atoms with Crippen LogP contribution in [0.2, 0.25) is 0 Å². The van der Waals surface area contributed by atoms with E-state index in [4.69, 9.17) is 0 Å². The van der Waals surface area contributed by atoms with Crippen LogP contribution in [-0.2, 0) is 6.54 Å². The molecule has 0 atom stereocenters. The number of hydrogen-bond donors (Lipinski definition) is 1. The van der Waals surface area contributed by atoms with Crippen molar-refractivity contribution in [2.45, 2.75) is 20.4 Å². The summed E-state index contributed by atoms with van der Waals surface area (Å²) in [5.74, 6) is 0. The first-order valence-corrected chi connectivity index (χ1v) is 7.13. The van der Waals surface area contributed by atoms with Gasteiger partial charge in [0.05, 0.1) is 12.7 Å². The molecule has 2 rings (SSSR count). The highest BCUT2D eigenvalue weighted by molar-refractivity contribution is 7.15. The van der Waals surface area contributed by atoms with Crippen molar-refractivity contribution in [2.75, 3.05) is 23.3 Å². The summed E-state index contributed by atoms with van der Waals surface area (Å²) in [5, 5.41) is 9.14. The smallest absolute Gasteiger partial charge is 0.185 e. The minimum Gasteiger partial charge on any atom is -0.369 e. The van der Waals surface area contributed by atoms with Crippen LogP contribution < -0.4 is 10.2 Å². The van der Waals surface area contributed by atoms with Gasteiger partial charge in [0.1, 0.15) is 5.00 Å². The second-order valence-corrected chi connectivity index (χ2v) is 5.30. The van der Waals surface area contributed by atoms with Crippen molar-refractivity contribution in [1.29, 1.82) is 0 Å². The van der Waals surface area contributed by atoms with Crippen molar-refractivity contribution in [2.24, 2.45) is 0 Å². The fourth-order valence-corrected chi connectivity index (χ4v) is 2.83. The van der Waals surface area contributed by atoms with E-state index in [1.54, 1.807) is 17.5 Å². The maximum atomic E-state index is 4.43. The molecular weight excluding hydrogens is 254 g/mol. The van der Waals surface area contributed by atoms with Crippen molar-refractivity contribution in [3.05, 3.63) is 17.3 Å². The lowest BCUT2D eigenvalue weighted by molar-refractivity contribution is 0.860. The summed E-state index contributed by atoms with van der Waals surface area (Å²) in [6.07, 6.45) is 3.66. The summed E-state index contributed by atoms with van der Waals surface area (Å²) in [6, 6.07) is 0. The van der Waals surface area contributed by atoms with E-state index in [-0.39, 0.29) is 0 Å². The third-order valence-corrected chi connectivity index (χ3v) is 4.05. The first kappa shape index (κ1) is 12.3. The summed E-state index contributed by atoms with van der Waals surface area (Å²) in [4.78, 5) is 7.91. The quantitative estimate of drug-likeness (QED) is 0.873. The van der Waals surface area contributed by atoms with Crippen molar-refractivity contribution < 1.29 is 0 Å². The number of nitrogens with zero attached hydrogens (tertiary/aromatic N) is 4. The summed E-state index contributed by atoms with van der Waals surface area (Å²) in [5.41, 5.74) is 0. The van der Waals surface area contributed by atoms with Crippen LogP contribution in [0.25, 0.3) is 0 Å². The van der Waals surface area contributed by atoms with E-state index < -0.39 is 0 Å². The van der Waals surface area contributed by atoms with Gasteiger partial charge in [0.15, 0.2) is 5.13 Å². The Morgan fingerprint density at radius 1 is 1.29 bits per heavy atom. The summed E-state index contributed by atoms with van der Waals surface area (Å²) >= 11 is 3.09. The van der Waals surface area contributed by atoms with Gasteiger partial charge < -0.3 is 10.2 Å². The molecule has 0 aliphatic rings. The highest BCUT2D eigenvalue weighted by Crippen LogP contribution is 2.23. The monoisotopic (exact) mass is 269 g/mol. The molecule has 2 aromatic rings. The molecule has 2 aromatic heterocycles. The normalized spacial score (nSPS) is 10.5. The highest BCUT2D eigenvalue weighted by Gasteiger charge is 2.07. The van der Waals surface area contributed by atoms with Gasteiger partial charge in [-0.1, -0.05) is 4.49 Å². The number of nitrogens with one attached hydrogen (secondary N) is 1. The molecule has 0 amide bonds. The summed E-state index contributed by atoms with van der Waals surface area (Å²) in [7, 11) is 0. The second-order valence-electron chi connectivity index (χ2n) is 3.42. The fraction of sp³-hybridized carbons (Fsp3) is 0.500. The largest absolute Gasteiger partial charge is 0.369 e. The Bertz CT molecular complexity index is 435. The summed E-state index contributed by atoms with van der Waals surface area (Å²) < 4.78 is 3.80. The van der Waals surface area contributed by atoms with E-state index in [0.29, 0.717) is 0 Å². The van der Waals surface area contributed by atoms with Crippen LogP contribution in [0.3, 0.4) is 0 Å². The van der Waals surface area contributed by atoms with Crippen LogP contribution in [-0.4, -0.2) is 27.7 Å². The lowest BCUT2D eigenvalue weighted by Gasteiger charge is -2.16. The van der Waals surface area contributed by atoms with Crippen LogP contribution in [0.5, 0.6) is 0 Å². The third kappa shape index (κ3) is 3.13. The zero-order valence-electron chi connectivity index (χ0n) is 9.88. The van der Waals surface area contributed by atoms with Gasteiger partial charge in [0, 0.05) is 35.7 Å². The van der Waals surface area contributed by atoms with Crippen LogP contribution in [0, 0.1) is 0 Å². The zero-order valence-corrected chi connectivity index (χ0v) is 11.5. The molecule has 0 aliphatic carbocycles. The van der Waals surface area contributed by atoms with E-state index in [0.717, 1.165) is 29.8 Å². The third-order valence-electron chi connectivity index (χ3n) is 2.37. The molecular formula is C10H15N5S2. The van der Waals surface area contributed by atoms with E-state index in [2.05, 4.69) is 38.6 Å². The predicted octanol–water partition coefficient (Wildman–Crippen LogP) is 2.45. The van der Waals surface area contributed by atoms with E-state index in [1.165, 1.54) is 16.4 Å². The molecule has 0 aliphatic heterocycles. The van der Waals surface area contributed by atoms with Gasteiger partial charge in [-0.25, -0.2) is 4.98 Å². The lowest BCUT2D eigenvalue weighted by atomic mass is 10.5. The topological polar surface area (TPSA) is 53.9 Å². The molecule has 0 saturated carbocycles. The molecule has 0 saturated heterocycles. The Morgan fingerprint density at radius 3 is 2.76 bits per heavy atom. The Hall–Kier alpha value is -1.21. The molecule has 1 N–H and O–H groups in total. The molecule has 92 valence electrons. The molecule has 7 heteroatoms. The van der Waals surface area contributed by atoms with Gasteiger partial charge in [-0.15, -0.1) is 16.4 Å². The van der Waals surface area contributed by atoms with Gasteiger partial charge >= 0.3 is 0 Å². The molecule has 0 aromatic carbocycles. The van der Waals surface area contributed by atoms with Crippen LogP contribution in [0.15, 0.2) is 12.4 Å². The van der Waals surface area contributed by atoms with Gasteiger partial charge in [0.25, 0.3) is 0 Å². The molecule has 0 bridgehead atoms. The number of hydrogen-bond acceptors (Lipinski definition) is 7. The average molecular weight is 269 g/mol. The Labute approximate surface area is 109 Å². The number of rotatable bonds is 6. The SMILES string of the molecule is CCN(CC)c1ncc(CNc2cnns2)s1. The standard InChI is InChI=1S/C10H15N5S2/c1-3-15(4-2)10-12-6-8(16-10)5-11-9-7-13-14-17-9/h6-7,11H,3-5H2,1-2H3. The lowest BCUT2D eigenvalue weighted by Crippen LogP contribution is -2.21. The second kappa shape index (κ2) is 5.92. The van der Waals surface area contributed by atoms with E-state index in [1.807, 2.05) is 6.20 Å². The van der Waals surface area contributed by atoms with Gasteiger partial charge in [-0.3, -0.25) is 0 Å². The highest BCUT2D eigenvalue weighted by atomic mass is 32.1. The minimum atomic E-state index is 0.781. The van der Waals surface area contributed by atoms with E-state index >= 15 is 0 Å². The maximum Gasteiger partial charge on any atom is 0.185 e. The molecule has 0 spiro atoms. The van der Waals surface area contributed by atoms with Gasteiger partial charge in [-0.05, 0) is 13.8 Å². The Kier molecular flexibility index (Phi) is 4.27. The molecule has 5 nitrogen and oxygen atoms in total. The molecule has 0 fully saturated rings. The first-order valence-electron chi connectivity index (χ1n) is 5.54. The summed E-state index contributed by atoms with van der Waals surface area (Å²) in [6.45, 7) is 7.06. The maximum absolute atomic E-state index is 4.43. The number of anilines is 2. The number of aromatic nitrogens is 3. The average Bonchev–Trinajstić information content (AvgIpc) is 2.99. The van der Waals surface area contributed by atoms with Gasteiger partial charge in [0.2, 0.25) is 0 Å². The zero-order chi connectivity index (χ0) is 12.1. The van der Waals surface area contributed by atoms with Crippen molar-refractivity contribution in [1.82, 2.24) is 14.6 Å². The van der Waals surface area contributed by atoms with Crippen molar-refractivity contribution in [3.8, 4) is 0 Å². The van der Waals surface area contributed by atoms with Crippen LogP contribution in [0.4, 0.5) is 10.1 Å². The van der Waals surface area contributed by atoms with E-state index in [9.17, 15) is 0 Å². The van der Waals surface area contributed by atoms with Gasteiger partial charge in [-0.2, -0.15) is 0 Å². The fourth-order valence-electron chi connectivity index (χ4n) is 1.44. The van der Waals surface area contributed by atoms with Crippen molar-refractivity contribution >= 4 is 33.0 Å². The predicted molar refractivity (Wildman–Crippen MR) is 72.9 cm³/mol.